The van der Waals surface area contributed by atoms with Crippen molar-refractivity contribution in [2.45, 2.75) is 44.2 Å². The van der Waals surface area contributed by atoms with Crippen LogP contribution in [-0.2, 0) is 31.8 Å². The number of rotatable bonds is 10. The van der Waals surface area contributed by atoms with Crippen LogP contribution in [0.15, 0.2) is 53.6 Å². The Bertz CT molecular complexity index is 720. The number of nitrogens with two attached hydrogens (primary N) is 1. The number of ether oxygens (including phenoxy) is 1. The number of nitrogens with zero attached hydrogens (tertiary/aromatic N) is 2. The summed E-state index contributed by atoms with van der Waals surface area (Å²) < 4.78 is 10.1. The van der Waals surface area contributed by atoms with Crippen LogP contribution < -0.4 is 5.90 Å². The summed E-state index contributed by atoms with van der Waals surface area (Å²) in [4.78, 5) is 23.7. The topological polar surface area (TPSA) is 86.9 Å². The lowest BCUT2D eigenvalue weighted by Crippen LogP contribution is -2.36. The van der Waals surface area contributed by atoms with Crippen molar-refractivity contribution in [2.24, 2.45) is 5.90 Å². The van der Waals surface area contributed by atoms with E-state index in [0.717, 1.165) is 34.6 Å². The molecule has 0 amide bonds. The van der Waals surface area contributed by atoms with E-state index in [1.165, 1.54) is 0 Å². The van der Waals surface area contributed by atoms with Crippen LogP contribution in [0, 0.1) is 0 Å². The van der Waals surface area contributed by atoms with Crippen LogP contribution in [-0.4, -0.2) is 34.5 Å². The van der Waals surface area contributed by atoms with Crippen molar-refractivity contribution in [3.8, 4) is 0 Å². The number of carbonyl (C=O) groups is 1. The fourth-order valence-electron chi connectivity index (χ4n) is 2.55. The molecule has 2 aromatic rings. The molecule has 152 valence electrons. The molecule has 1 aromatic heterocycles. The van der Waals surface area contributed by atoms with Crippen LogP contribution in [0.25, 0.3) is 0 Å². The quantitative estimate of drug-likeness (QED) is 0.279. The Morgan fingerprint density at radius 1 is 1.18 bits per heavy atom. The van der Waals surface area contributed by atoms with E-state index in [-0.39, 0.29) is 12.5 Å². The van der Waals surface area contributed by atoms with Gasteiger partial charge in [0.05, 0.1) is 24.3 Å². The second kappa shape index (κ2) is 11.1. The van der Waals surface area contributed by atoms with Gasteiger partial charge in [-0.25, -0.2) is 0 Å². The van der Waals surface area contributed by atoms with Gasteiger partial charge in [0.1, 0.15) is 5.60 Å². The second-order valence-corrected chi connectivity index (χ2v) is 8.03. The van der Waals surface area contributed by atoms with Gasteiger partial charge in [-0.2, -0.15) is 5.90 Å². The molecular weight excluding hydrogens is 378 g/mol. The molecule has 0 radical (unpaired) electrons. The minimum absolute atomic E-state index is 0.212. The Morgan fingerprint density at radius 3 is 2.54 bits per heavy atom. The molecule has 2 N–H and O–H groups in total. The molecule has 8 heteroatoms. The van der Waals surface area contributed by atoms with Crippen LogP contribution in [0.3, 0.4) is 0 Å². The largest absolute Gasteiger partial charge is 0.459 e. The summed E-state index contributed by atoms with van der Waals surface area (Å²) >= 11 is 1.04. The molecule has 0 aliphatic heterocycles. The van der Waals surface area contributed by atoms with Gasteiger partial charge in [-0.15, -0.1) is 9.32 Å². The first kappa shape index (κ1) is 22.3. The van der Waals surface area contributed by atoms with Gasteiger partial charge < -0.3 is 4.74 Å². The van der Waals surface area contributed by atoms with Gasteiger partial charge in [0, 0.05) is 24.2 Å². The normalized spacial score (nSPS) is 11.6. The average molecular weight is 406 g/mol. The number of hydrogen-bond acceptors (Lipinski definition) is 8. The second-order valence-electron chi connectivity index (χ2n) is 7.26. The van der Waals surface area contributed by atoms with Crippen LogP contribution >= 0.6 is 12.0 Å². The molecule has 1 heterocycles. The van der Waals surface area contributed by atoms with E-state index in [9.17, 15) is 4.79 Å². The van der Waals surface area contributed by atoms with E-state index >= 15 is 0 Å². The molecule has 0 unspecified atom stereocenters. The van der Waals surface area contributed by atoms with Gasteiger partial charge in [-0.05, 0) is 57.0 Å². The summed E-state index contributed by atoms with van der Waals surface area (Å²) in [7, 11) is 0. The maximum atomic E-state index is 12.3. The van der Waals surface area contributed by atoms with Gasteiger partial charge in [-0.3, -0.25) is 14.7 Å². The lowest BCUT2D eigenvalue weighted by Gasteiger charge is -2.25. The predicted octanol–water partition coefficient (Wildman–Crippen LogP) is 3.30. The summed E-state index contributed by atoms with van der Waals surface area (Å²) in [6.07, 6.45) is 2.54. The fourth-order valence-corrected chi connectivity index (χ4v) is 2.91. The highest BCUT2D eigenvalue weighted by Crippen LogP contribution is 2.19. The van der Waals surface area contributed by atoms with Crippen molar-refractivity contribution in [3.05, 3.63) is 59.9 Å². The van der Waals surface area contributed by atoms with Crippen molar-refractivity contribution in [2.75, 3.05) is 13.1 Å². The molecule has 1 aromatic carbocycles. The van der Waals surface area contributed by atoms with Crippen LogP contribution in [0.1, 0.15) is 32.0 Å². The minimum Gasteiger partial charge on any atom is -0.459 e. The molecule has 0 saturated heterocycles. The minimum atomic E-state index is -0.503. The molecule has 2 rings (SSSR count). The molecular formula is C20H27N3O4S. The highest BCUT2D eigenvalue weighted by Gasteiger charge is 2.19. The lowest BCUT2D eigenvalue weighted by molar-refractivity contribution is -0.195. The summed E-state index contributed by atoms with van der Waals surface area (Å²) in [5.41, 5.74) is 1.56. The van der Waals surface area contributed by atoms with Crippen molar-refractivity contribution in [1.29, 1.82) is 0 Å². The van der Waals surface area contributed by atoms with E-state index < -0.39 is 5.60 Å². The van der Waals surface area contributed by atoms with Crippen LogP contribution in [0.5, 0.6) is 0 Å². The fraction of sp³-hybridized carbons (Fsp3) is 0.400. The number of carbonyl (C=O) groups excluding carboxylic acids is 1. The van der Waals surface area contributed by atoms with E-state index in [4.69, 9.17) is 10.6 Å². The van der Waals surface area contributed by atoms with Crippen molar-refractivity contribution in [1.82, 2.24) is 9.88 Å². The zero-order chi connectivity index (χ0) is 20.4. The lowest BCUT2D eigenvalue weighted by atomic mass is 10.1. The molecule has 0 aliphatic carbocycles. The zero-order valence-electron chi connectivity index (χ0n) is 16.5. The predicted molar refractivity (Wildman–Crippen MR) is 108 cm³/mol. The molecule has 0 aliphatic rings. The summed E-state index contributed by atoms with van der Waals surface area (Å²) in [5, 5.41) is 0. The van der Waals surface area contributed by atoms with E-state index in [1.54, 1.807) is 6.20 Å². The van der Waals surface area contributed by atoms with Gasteiger partial charge in [0.2, 0.25) is 0 Å². The first-order valence-electron chi connectivity index (χ1n) is 8.99. The van der Waals surface area contributed by atoms with E-state index in [2.05, 4.69) is 14.3 Å². The molecule has 7 nitrogen and oxygen atoms in total. The summed E-state index contributed by atoms with van der Waals surface area (Å²) in [6, 6.07) is 13.6. The first-order valence-corrected chi connectivity index (χ1v) is 9.73. The molecule has 28 heavy (non-hydrogen) atoms. The maximum Gasteiger partial charge on any atom is 0.320 e. The number of aromatic nitrogens is 1. The van der Waals surface area contributed by atoms with Gasteiger partial charge in [0.15, 0.2) is 0 Å². The highest BCUT2D eigenvalue weighted by atomic mass is 32.2. The van der Waals surface area contributed by atoms with E-state index in [0.29, 0.717) is 13.1 Å². The number of esters is 1. The maximum absolute atomic E-state index is 12.3. The summed E-state index contributed by atoms with van der Waals surface area (Å²) in [5.74, 6) is 4.60. The van der Waals surface area contributed by atoms with Crippen LogP contribution in [0.2, 0.25) is 0 Å². The number of hydrogen-bond donors (Lipinski definition) is 1. The highest BCUT2D eigenvalue weighted by molar-refractivity contribution is 7.94. The molecule has 0 fully saturated rings. The molecule has 0 atom stereocenters. The zero-order valence-corrected chi connectivity index (χ0v) is 17.3. The third-order valence-electron chi connectivity index (χ3n) is 3.69. The molecule has 0 spiro atoms. The Labute approximate surface area is 170 Å². The third kappa shape index (κ3) is 8.81. The van der Waals surface area contributed by atoms with Crippen molar-refractivity contribution < 1.29 is 18.9 Å². The Morgan fingerprint density at radius 2 is 1.93 bits per heavy atom. The first-order chi connectivity index (χ1) is 13.4. The standard InChI is InChI=1S/C20H27N3O4S/c1-20(2,3)25-19(24)15-23(14-17-6-4-5-12-22-17)13-11-16-7-9-18(10-8-16)28-27-26-21/h4-10,12H,11,13-15,21H2,1-3H3. The molecule has 0 bridgehead atoms. The van der Waals surface area contributed by atoms with Crippen molar-refractivity contribution in [3.63, 3.8) is 0 Å². The van der Waals surface area contributed by atoms with Crippen molar-refractivity contribution >= 4 is 18.0 Å². The number of benzene rings is 1. The van der Waals surface area contributed by atoms with Gasteiger partial charge in [0.25, 0.3) is 0 Å². The SMILES string of the molecule is CC(C)(C)OC(=O)CN(CCc1ccc(SOON)cc1)Cc1ccccn1. The Hall–Kier alpha value is -1.97. The number of pyridine rings is 1. The third-order valence-corrected chi connectivity index (χ3v) is 4.31. The van der Waals surface area contributed by atoms with Gasteiger partial charge in [-0.1, -0.05) is 18.2 Å². The smallest absolute Gasteiger partial charge is 0.320 e. The van der Waals surface area contributed by atoms with Gasteiger partial charge >= 0.3 is 5.97 Å². The Balaban J connectivity index is 1.97. The molecule has 0 saturated carbocycles. The average Bonchev–Trinajstić information content (AvgIpc) is 2.64. The van der Waals surface area contributed by atoms with E-state index in [1.807, 2.05) is 68.1 Å². The monoisotopic (exact) mass is 405 g/mol. The van der Waals surface area contributed by atoms with Crippen LogP contribution in [0.4, 0.5) is 0 Å². The summed E-state index contributed by atoms with van der Waals surface area (Å²) in [6.45, 7) is 7.09. The Kier molecular flexibility index (Phi) is 8.88.